The van der Waals surface area contributed by atoms with E-state index >= 15 is 0 Å². The molecule has 0 saturated carbocycles. The average molecular weight is 491 g/mol. The van der Waals surface area contributed by atoms with Crippen LogP contribution in [0.3, 0.4) is 0 Å². The van der Waals surface area contributed by atoms with Crippen molar-refractivity contribution in [3.05, 3.63) is 114 Å². The number of hydrogen-bond donors (Lipinski definition) is 2. The maximum absolute atomic E-state index is 14.1. The van der Waals surface area contributed by atoms with Gasteiger partial charge in [0, 0.05) is 24.6 Å². The van der Waals surface area contributed by atoms with Crippen LogP contribution in [0.15, 0.2) is 91.1 Å². The Hall–Kier alpha value is -4.29. The number of carbonyl (C=O) groups excluding carboxylic acids is 2. The van der Waals surface area contributed by atoms with Crippen molar-refractivity contribution in [1.29, 1.82) is 0 Å². The molecule has 0 radical (unpaired) electrons. The summed E-state index contributed by atoms with van der Waals surface area (Å²) in [4.78, 5) is 30.9. The Kier molecular flexibility index (Phi) is 6.84. The predicted molar refractivity (Wildman–Crippen MR) is 148 cm³/mol. The smallest absolute Gasteiger partial charge is 0.324 e. The lowest BCUT2D eigenvalue weighted by atomic mass is 9.85. The molecule has 6 heteroatoms. The number of benzene rings is 4. The Labute approximate surface area is 215 Å². The van der Waals surface area contributed by atoms with Crippen LogP contribution in [0.25, 0.3) is 21.5 Å². The van der Waals surface area contributed by atoms with E-state index < -0.39 is 11.9 Å². The third kappa shape index (κ3) is 5.15. The molecule has 1 aromatic heterocycles. The zero-order valence-corrected chi connectivity index (χ0v) is 20.8. The Morgan fingerprint density at radius 2 is 1.30 bits per heavy atom. The molecule has 0 saturated heterocycles. The second kappa shape index (κ2) is 10.4. The lowest BCUT2D eigenvalue weighted by molar-refractivity contribution is 0.0905. The van der Waals surface area contributed by atoms with Gasteiger partial charge in [0.2, 0.25) is 5.78 Å². The maximum atomic E-state index is 14.1. The van der Waals surface area contributed by atoms with E-state index in [1.54, 1.807) is 0 Å². The zero-order chi connectivity index (χ0) is 25.9. The standard InChI is InChI=1S/C31H30N4O2/c1-20(32)16-26-19-35(31(33)37)30(34-26)29(36)25(17-23-12-6-10-21-8-2-4-14-27(21)23)18-24-13-7-11-22-9-3-5-15-28(22)24/h2-15,19-20,25H,16-18,32H2,1H3,(H2,33,37)/t20-/m1/s1. The number of aromatic nitrogens is 2. The van der Waals surface area contributed by atoms with Crippen LogP contribution < -0.4 is 11.5 Å². The number of fused-ring (bicyclic) bond motifs is 2. The number of nitrogens with two attached hydrogens (primary N) is 2. The minimum absolute atomic E-state index is 0.0635. The van der Waals surface area contributed by atoms with Crippen molar-refractivity contribution < 1.29 is 9.59 Å². The number of carbonyl (C=O) groups is 2. The van der Waals surface area contributed by atoms with Crippen LogP contribution in [0, 0.1) is 5.92 Å². The first-order chi connectivity index (χ1) is 17.9. The van der Waals surface area contributed by atoms with E-state index in [0.29, 0.717) is 25.0 Å². The van der Waals surface area contributed by atoms with Crippen LogP contribution in [0.2, 0.25) is 0 Å². The van der Waals surface area contributed by atoms with Crippen molar-refractivity contribution in [2.45, 2.75) is 32.2 Å². The van der Waals surface area contributed by atoms with Gasteiger partial charge in [-0.05, 0) is 52.4 Å². The van der Waals surface area contributed by atoms with E-state index in [4.69, 9.17) is 11.5 Å². The number of hydrogen-bond acceptors (Lipinski definition) is 4. The first-order valence-electron chi connectivity index (χ1n) is 12.5. The van der Waals surface area contributed by atoms with Crippen LogP contribution in [0.5, 0.6) is 0 Å². The molecule has 5 rings (SSSR count). The topological polar surface area (TPSA) is 104 Å². The molecule has 1 atom stereocenters. The average Bonchev–Trinajstić information content (AvgIpc) is 3.32. The van der Waals surface area contributed by atoms with E-state index in [0.717, 1.165) is 32.7 Å². The van der Waals surface area contributed by atoms with Crippen LogP contribution >= 0.6 is 0 Å². The van der Waals surface area contributed by atoms with Crippen molar-refractivity contribution in [1.82, 2.24) is 9.55 Å². The summed E-state index contributed by atoms with van der Waals surface area (Å²) in [5.74, 6) is -0.607. The SMILES string of the molecule is C[C@@H](N)Cc1cn(C(N)=O)c(C(=O)C(Cc2cccc3ccccc23)Cc2cccc3ccccc23)n1. The van der Waals surface area contributed by atoms with Gasteiger partial charge in [-0.2, -0.15) is 0 Å². The van der Waals surface area contributed by atoms with Gasteiger partial charge in [0.1, 0.15) is 0 Å². The van der Waals surface area contributed by atoms with Crippen molar-refractivity contribution in [3.8, 4) is 0 Å². The highest BCUT2D eigenvalue weighted by molar-refractivity contribution is 5.99. The van der Waals surface area contributed by atoms with E-state index in [1.807, 2.05) is 43.3 Å². The molecule has 0 unspecified atom stereocenters. The summed E-state index contributed by atoms with van der Waals surface area (Å²) in [5.41, 5.74) is 14.3. The summed E-state index contributed by atoms with van der Waals surface area (Å²) >= 11 is 0. The molecule has 0 aliphatic rings. The quantitative estimate of drug-likeness (QED) is 0.288. The highest BCUT2D eigenvalue weighted by atomic mass is 16.2. The van der Waals surface area contributed by atoms with Crippen LogP contribution in [0.1, 0.15) is 34.4 Å². The van der Waals surface area contributed by atoms with Crippen molar-refractivity contribution in [3.63, 3.8) is 0 Å². The van der Waals surface area contributed by atoms with E-state index in [9.17, 15) is 9.59 Å². The molecule has 37 heavy (non-hydrogen) atoms. The minimum atomic E-state index is -0.735. The number of rotatable bonds is 8. The van der Waals surface area contributed by atoms with Gasteiger partial charge in [0.05, 0.1) is 5.69 Å². The maximum Gasteiger partial charge on any atom is 0.324 e. The second-order valence-corrected chi connectivity index (χ2v) is 9.69. The third-order valence-electron chi connectivity index (χ3n) is 6.81. The molecule has 186 valence electrons. The normalized spacial score (nSPS) is 12.3. The minimum Gasteiger partial charge on any atom is -0.351 e. The Balaban J connectivity index is 1.59. The van der Waals surface area contributed by atoms with Gasteiger partial charge in [0.15, 0.2) is 5.82 Å². The molecule has 0 spiro atoms. The number of Topliss-reactive ketones (excluding diaryl/α,β-unsaturated/α-hetero) is 1. The number of ketones is 1. The van der Waals surface area contributed by atoms with Gasteiger partial charge >= 0.3 is 6.03 Å². The molecular weight excluding hydrogens is 460 g/mol. The number of primary amides is 1. The lowest BCUT2D eigenvalue weighted by Crippen LogP contribution is -2.28. The molecule has 1 amide bonds. The fraction of sp³-hybridized carbons (Fsp3) is 0.194. The van der Waals surface area contributed by atoms with Gasteiger partial charge < -0.3 is 11.5 Å². The first kappa shape index (κ1) is 24.4. The monoisotopic (exact) mass is 490 g/mol. The predicted octanol–water partition coefficient (Wildman–Crippen LogP) is 5.29. The van der Waals surface area contributed by atoms with Crippen LogP contribution in [-0.2, 0) is 19.3 Å². The Morgan fingerprint density at radius 1 is 0.784 bits per heavy atom. The fourth-order valence-corrected chi connectivity index (χ4v) is 5.11. The highest BCUT2D eigenvalue weighted by Crippen LogP contribution is 2.28. The fourth-order valence-electron chi connectivity index (χ4n) is 5.11. The highest BCUT2D eigenvalue weighted by Gasteiger charge is 2.28. The largest absolute Gasteiger partial charge is 0.351 e. The molecule has 4 aromatic carbocycles. The Morgan fingerprint density at radius 3 is 1.81 bits per heavy atom. The van der Waals surface area contributed by atoms with Gasteiger partial charge in [-0.15, -0.1) is 0 Å². The summed E-state index contributed by atoms with van der Waals surface area (Å²) in [5, 5.41) is 4.46. The van der Waals surface area contributed by atoms with Crippen molar-refractivity contribution in [2.75, 3.05) is 0 Å². The van der Waals surface area contributed by atoms with Crippen molar-refractivity contribution >= 4 is 33.4 Å². The van der Waals surface area contributed by atoms with E-state index in [-0.39, 0.29) is 17.6 Å². The van der Waals surface area contributed by atoms with Crippen molar-refractivity contribution in [2.24, 2.45) is 17.4 Å². The van der Waals surface area contributed by atoms with E-state index in [1.165, 1.54) is 10.8 Å². The summed E-state index contributed by atoms with van der Waals surface area (Å²) in [7, 11) is 0. The molecule has 0 aliphatic carbocycles. The number of imidazole rings is 1. The number of amides is 1. The summed E-state index contributed by atoms with van der Waals surface area (Å²) in [6.07, 6.45) is 2.97. The molecule has 1 heterocycles. The number of nitrogens with zero attached hydrogens (tertiary/aromatic N) is 2. The van der Waals surface area contributed by atoms with Crippen LogP contribution in [0.4, 0.5) is 4.79 Å². The van der Waals surface area contributed by atoms with Crippen LogP contribution in [-0.4, -0.2) is 27.4 Å². The second-order valence-electron chi connectivity index (χ2n) is 9.69. The molecule has 0 fully saturated rings. The molecule has 6 nitrogen and oxygen atoms in total. The lowest BCUT2D eigenvalue weighted by Gasteiger charge is -2.18. The zero-order valence-electron chi connectivity index (χ0n) is 20.8. The molecule has 4 N–H and O–H groups in total. The van der Waals surface area contributed by atoms with Gasteiger partial charge in [-0.1, -0.05) is 84.9 Å². The first-order valence-corrected chi connectivity index (χ1v) is 12.5. The summed E-state index contributed by atoms with van der Waals surface area (Å²) < 4.78 is 1.17. The van der Waals surface area contributed by atoms with E-state index in [2.05, 4.69) is 53.5 Å². The summed E-state index contributed by atoms with van der Waals surface area (Å²) in [6.45, 7) is 1.86. The Bertz CT molecular complexity index is 1510. The molecule has 5 aromatic rings. The molecule has 0 bridgehead atoms. The van der Waals surface area contributed by atoms with Gasteiger partial charge in [-0.25, -0.2) is 14.3 Å². The third-order valence-corrected chi connectivity index (χ3v) is 6.81. The molecular formula is C31H30N4O2. The summed E-state index contributed by atoms with van der Waals surface area (Å²) in [6, 6.07) is 27.7. The van der Waals surface area contributed by atoms with Gasteiger partial charge in [-0.3, -0.25) is 4.79 Å². The van der Waals surface area contributed by atoms with Gasteiger partial charge in [0.25, 0.3) is 0 Å². The molecule has 0 aliphatic heterocycles.